The van der Waals surface area contributed by atoms with E-state index in [4.69, 9.17) is 4.74 Å². The molecule has 2 N–H and O–H groups in total. The van der Waals surface area contributed by atoms with Crippen molar-refractivity contribution in [1.29, 1.82) is 0 Å². The summed E-state index contributed by atoms with van der Waals surface area (Å²) in [7, 11) is 0. The Kier molecular flexibility index (Phi) is 4.97. The van der Waals surface area contributed by atoms with Gasteiger partial charge in [0.05, 0.1) is 30.0 Å². The molecule has 1 aliphatic carbocycles. The number of hydrogen-bond acceptors (Lipinski definition) is 5. The van der Waals surface area contributed by atoms with Gasteiger partial charge in [-0.25, -0.2) is 0 Å². The van der Waals surface area contributed by atoms with Crippen molar-refractivity contribution in [2.24, 2.45) is 0 Å². The Labute approximate surface area is 168 Å². The lowest BCUT2D eigenvalue weighted by molar-refractivity contribution is 0.0977. The Hall–Kier alpha value is -3.70. The van der Waals surface area contributed by atoms with Crippen LogP contribution < -0.4 is 5.32 Å². The van der Waals surface area contributed by atoms with Gasteiger partial charge in [-0.2, -0.15) is 0 Å². The first-order valence-electron chi connectivity index (χ1n) is 9.19. The maximum atomic E-state index is 13.1. The molecule has 0 saturated carbocycles. The lowest BCUT2D eigenvalue weighted by Gasteiger charge is -2.21. The number of ketones is 2. The average molecular weight is 385 g/mol. The minimum absolute atomic E-state index is 0.0353. The molecule has 5 nitrogen and oxygen atoms in total. The van der Waals surface area contributed by atoms with Gasteiger partial charge in [-0.1, -0.05) is 42.5 Å². The molecule has 0 fully saturated rings. The highest BCUT2D eigenvalue weighted by Gasteiger charge is 2.33. The summed E-state index contributed by atoms with van der Waals surface area (Å²) in [6, 6.07) is 17.3. The fourth-order valence-electron chi connectivity index (χ4n) is 3.41. The number of carbonyl (C=O) groups excluding carboxylic acids is 2. The molecule has 3 aromatic carbocycles. The Morgan fingerprint density at radius 2 is 1.55 bits per heavy atom. The van der Waals surface area contributed by atoms with Crippen molar-refractivity contribution in [1.82, 2.24) is 0 Å². The van der Waals surface area contributed by atoms with E-state index in [-0.39, 0.29) is 28.4 Å². The molecular formula is C24H19NO4. The second kappa shape index (κ2) is 7.73. The molecule has 4 rings (SSSR count). The SMILES string of the molecule is C=CCOCc1ccc(Nc2ccc(O)c3c2C(=O)c2ccccc2C3=O)cc1. The van der Waals surface area contributed by atoms with Gasteiger partial charge in [-0.3, -0.25) is 9.59 Å². The van der Waals surface area contributed by atoms with Gasteiger partial charge >= 0.3 is 0 Å². The first-order chi connectivity index (χ1) is 14.1. The van der Waals surface area contributed by atoms with E-state index in [2.05, 4.69) is 11.9 Å². The Morgan fingerprint density at radius 1 is 0.897 bits per heavy atom. The molecule has 5 heteroatoms. The summed E-state index contributed by atoms with van der Waals surface area (Å²) in [6.45, 7) is 4.58. The van der Waals surface area contributed by atoms with Gasteiger partial charge in [-0.05, 0) is 29.8 Å². The van der Waals surface area contributed by atoms with Gasteiger partial charge in [0, 0.05) is 16.8 Å². The minimum Gasteiger partial charge on any atom is -0.507 e. The number of carbonyl (C=O) groups is 2. The zero-order valence-corrected chi connectivity index (χ0v) is 15.6. The van der Waals surface area contributed by atoms with Crippen LogP contribution in [-0.4, -0.2) is 23.3 Å². The summed E-state index contributed by atoms with van der Waals surface area (Å²) in [4.78, 5) is 26.0. The van der Waals surface area contributed by atoms with Crippen LogP contribution in [0.1, 0.15) is 37.4 Å². The Balaban J connectivity index is 1.67. The summed E-state index contributed by atoms with van der Waals surface area (Å²) in [5.74, 6) is -0.845. The number of nitrogens with one attached hydrogen (secondary N) is 1. The topological polar surface area (TPSA) is 75.6 Å². The molecule has 3 aromatic rings. The second-order valence-corrected chi connectivity index (χ2v) is 6.71. The third-order valence-corrected chi connectivity index (χ3v) is 4.79. The number of rotatable bonds is 6. The van der Waals surface area contributed by atoms with Crippen molar-refractivity contribution in [2.45, 2.75) is 6.61 Å². The molecule has 0 radical (unpaired) electrons. The molecule has 0 aliphatic heterocycles. The number of phenols is 1. The van der Waals surface area contributed by atoms with Crippen LogP contribution in [0.5, 0.6) is 5.75 Å². The van der Waals surface area contributed by atoms with Crippen molar-refractivity contribution >= 4 is 22.9 Å². The second-order valence-electron chi connectivity index (χ2n) is 6.71. The van der Waals surface area contributed by atoms with Gasteiger partial charge in [0.25, 0.3) is 0 Å². The van der Waals surface area contributed by atoms with Crippen molar-refractivity contribution in [3.05, 3.63) is 101 Å². The number of benzene rings is 3. The highest BCUT2D eigenvalue weighted by Crippen LogP contribution is 2.37. The predicted octanol–water partition coefficient (Wildman–Crippen LogP) is 4.61. The Bertz CT molecular complexity index is 1120. The van der Waals surface area contributed by atoms with Crippen molar-refractivity contribution in [2.75, 3.05) is 11.9 Å². The van der Waals surface area contributed by atoms with E-state index in [1.54, 1.807) is 36.4 Å². The molecule has 144 valence electrons. The fraction of sp³-hybridized carbons (Fsp3) is 0.0833. The number of phenolic OH excluding ortho intramolecular Hbond substituents is 1. The van der Waals surface area contributed by atoms with Crippen LogP contribution in [-0.2, 0) is 11.3 Å². The molecule has 29 heavy (non-hydrogen) atoms. The number of hydrogen-bond donors (Lipinski definition) is 2. The highest BCUT2D eigenvalue weighted by molar-refractivity contribution is 6.31. The molecule has 0 atom stereocenters. The fourth-order valence-corrected chi connectivity index (χ4v) is 3.41. The van der Waals surface area contributed by atoms with Crippen LogP contribution >= 0.6 is 0 Å². The predicted molar refractivity (Wildman–Crippen MR) is 111 cm³/mol. The molecule has 1 aliphatic rings. The highest BCUT2D eigenvalue weighted by atomic mass is 16.5. The maximum absolute atomic E-state index is 13.1. The molecular weight excluding hydrogens is 366 g/mol. The van der Waals surface area contributed by atoms with Gasteiger partial charge in [0.1, 0.15) is 5.75 Å². The van der Waals surface area contributed by atoms with E-state index >= 15 is 0 Å². The van der Waals surface area contributed by atoms with E-state index in [0.29, 0.717) is 30.0 Å². The molecule has 0 bridgehead atoms. The minimum atomic E-state index is -0.355. The van der Waals surface area contributed by atoms with E-state index in [1.807, 2.05) is 24.3 Å². The van der Waals surface area contributed by atoms with E-state index in [0.717, 1.165) is 11.3 Å². The lowest BCUT2D eigenvalue weighted by atomic mass is 9.82. The van der Waals surface area contributed by atoms with Crippen LogP contribution in [0.25, 0.3) is 0 Å². The molecule has 0 aromatic heterocycles. The van der Waals surface area contributed by atoms with Crippen molar-refractivity contribution in [3.63, 3.8) is 0 Å². The average Bonchev–Trinajstić information content (AvgIpc) is 2.74. The zero-order chi connectivity index (χ0) is 20.4. The van der Waals surface area contributed by atoms with Gasteiger partial charge in [0.15, 0.2) is 11.6 Å². The normalized spacial score (nSPS) is 12.3. The number of ether oxygens (including phenoxy) is 1. The quantitative estimate of drug-likeness (QED) is 0.288. The van der Waals surface area contributed by atoms with Crippen molar-refractivity contribution < 1.29 is 19.4 Å². The van der Waals surface area contributed by atoms with Gasteiger partial charge in [0.2, 0.25) is 0 Å². The standard InChI is InChI=1S/C24H19NO4/c1-2-13-29-14-15-7-9-16(10-8-15)25-19-11-12-20(26)22-21(19)23(27)17-5-3-4-6-18(17)24(22)28/h2-12,25-26H,1,13-14H2. The van der Waals surface area contributed by atoms with Crippen molar-refractivity contribution in [3.8, 4) is 5.75 Å². The number of aromatic hydroxyl groups is 1. The monoisotopic (exact) mass is 385 g/mol. The summed E-state index contributed by atoms with van der Waals surface area (Å²) >= 11 is 0. The third-order valence-electron chi connectivity index (χ3n) is 4.79. The number of anilines is 2. The third kappa shape index (κ3) is 3.44. The molecule has 0 heterocycles. The van der Waals surface area contributed by atoms with E-state index in [9.17, 15) is 14.7 Å². The van der Waals surface area contributed by atoms with Crippen LogP contribution in [0.3, 0.4) is 0 Å². The lowest BCUT2D eigenvalue weighted by Crippen LogP contribution is -2.22. The smallest absolute Gasteiger partial charge is 0.198 e. The zero-order valence-electron chi connectivity index (χ0n) is 15.6. The summed E-state index contributed by atoms with van der Waals surface area (Å²) in [5, 5.41) is 13.5. The number of fused-ring (bicyclic) bond motifs is 2. The largest absolute Gasteiger partial charge is 0.507 e. The summed E-state index contributed by atoms with van der Waals surface area (Å²) < 4.78 is 5.43. The van der Waals surface area contributed by atoms with Crippen LogP contribution in [0.15, 0.2) is 73.3 Å². The molecule has 0 saturated heterocycles. The van der Waals surface area contributed by atoms with Gasteiger partial charge < -0.3 is 15.2 Å². The van der Waals surface area contributed by atoms with Crippen LogP contribution in [0, 0.1) is 0 Å². The summed E-state index contributed by atoms with van der Waals surface area (Å²) in [6.07, 6.45) is 1.69. The maximum Gasteiger partial charge on any atom is 0.198 e. The molecule has 0 amide bonds. The van der Waals surface area contributed by atoms with Gasteiger partial charge in [-0.15, -0.1) is 6.58 Å². The summed E-state index contributed by atoms with van der Waals surface area (Å²) in [5.41, 5.74) is 3.10. The van der Waals surface area contributed by atoms with Crippen LogP contribution in [0.2, 0.25) is 0 Å². The Morgan fingerprint density at radius 3 is 2.21 bits per heavy atom. The molecule has 0 spiro atoms. The van der Waals surface area contributed by atoms with Crippen LogP contribution in [0.4, 0.5) is 11.4 Å². The molecule has 0 unspecified atom stereocenters. The first-order valence-corrected chi connectivity index (χ1v) is 9.19. The first kappa shape index (κ1) is 18.7. The van der Waals surface area contributed by atoms with E-state index < -0.39 is 0 Å². The van der Waals surface area contributed by atoms with E-state index in [1.165, 1.54) is 6.07 Å².